The summed E-state index contributed by atoms with van der Waals surface area (Å²) in [5, 5.41) is 6.64. The summed E-state index contributed by atoms with van der Waals surface area (Å²) in [4.78, 5) is 4.24. The first kappa shape index (κ1) is 18.0. The summed E-state index contributed by atoms with van der Waals surface area (Å²) in [6, 6.07) is 18.9. The predicted molar refractivity (Wildman–Crippen MR) is 99.8 cm³/mol. The quantitative estimate of drug-likeness (QED) is 0.605. The van der Waals surface area contributed by atoms with Crippen LogP contribution in [0.1, 0.15) is 30.5 Å². The Morgan fingerprint density at radius 2 is 1.62 bits per heavy atom. The summed E-state index contributed by atoms with van der Waals surface area (Å²) in [7, 11) is 1.78. The minimum Gasteiger partial charge on any atom is -0.372 e. The van der Waals surface area contributed by atoms with Crippen molar-refractivity contribution in [1.82, 2.24) is 10.6 Å². The molecule has 0 aromatic heterocycles. The van der Waals surface area contributed by atoms with Gasteiger partial charge in [0, 0.05) is 19.6 Å². The molecule has 0 spiro atoms. The normalized spacial score (nSPS) is 11.6. The Labute approximate surface area is 145 Å². The van der Waals surface area contributed by atoms with Crippen molar-refractivity contribution >= 4 is 5.96 Å². The summed E-state index contributed by atoms with van der Waals surface area (Å²) >= 11 is 0. The maximum Gasteiger partial charge on any atom is 0.191 e. The molecule has 4 heteroatoms. The number of nitrogens with zero attached hydrogens (tertiary/aromatic N) is 1. The molecule has 128 valence electrons. The van der Waals surface area contributed by atoms with Crippen molar-refractivity contribution in [3.8, 4) is 0 Å². The summed E-state index contributed by atoms with van der Waals surface area (Å²) in [6.07, 6.45) is 0. The molecule has 0 saturated carbocycles. The van der Waals surface area contributed by atoms with Crippen molar-refractivity contribution in [3.05, 3.63) is 71.3 Å². The molecule has 0 saturated heterocycles. The number of ether oxygens (including phenoxy) is 1. The smallest absolute Gasteiger partial charge is 0.191 e. The lowest BCUT2D eigenvalue weighted by Gasteiger charge is -2.16. The molecule has 0 unspecified atom stereocenters. The van der Waals surface area contributed by atoms with Gasteiger partial charge in [0.25, 0.3) is 0 Å². The molecule has 0 amide bonds. The Balaban J connectivity index is 1.89. The first-order valence-electron chi connectivity index (χ1n) is 8.34. The van der Waals surface area contributed by atoms with Crippen molar-refractivity contribution in [2.45, 2.75) is 39.6 Å². The molecule has 2 rings (SSSR count). The molecule has 0 aliphatic carbocycles. The van der Waals surface area contributed by atoms with Crippen LogP contribution in [0.4, 0.5) is 0 Å². The van der Waals surface area contributed by atoms with Crippen molar-refractivity contribution in [3.63, 3.8) is 0 Å². The van der Waals surface area contributed by atoms with Crippen LogP contribution < -0.4 is 10.6 Å². The van der Waals surface area contributed by atoms with Gasteiger partial charge in [-0.15, -0.1) is 0 Å². The van der Waals surface area contributed by atoms with Crippen LogP contribution >= 0.6 is 0 Å². The highest BCUT2D eigenvalue weighted by Crippen LogP contribution is 2.11. The second-order valence-corrected chi connectivity index (χ2v) is 5.97. The fourth-order valence-corrected chi connectivity index (χ4v) is 2.37. The fraction of sp³-hybridized carbons (Fsp3) is 0.350. The number of benzene rings is 2. The maximum absolute atomic E-state index is 5.87. The number of guanidine groups is 1. The van der Waals surface area contributed by atoms with Crippen molar-refractivity contribution in [1.29, 1.82) is 0 Å². The Morgan fingerprint density at radius 1 is 0.958 bits per heavy atom. The van der Waals surface area contributed by atoms with E-state index in [0.717, 1.165) is 12.5 Å². The Bertz CT molecular complexity index is 638. The molecule has 0 radical (unpaired) electrons. The molecular weight excluding hydrogens is 298 g/mol. The standard InChI is InChI=1S/C20H27N3O/c1-16(2)23-20(21-3)22-13-18-11-7-8-12-19(18)15-24-14-17-9-5-4-6-10-17/h4-12,16H,13-15H2,1-3H3,(H2,21,22,23). The van der Waals surface area contributed by atoms with Gasteiger partial charge in [0.2, 0.25) is 0 Å². The molecule has 0 aliphatic rings. The van der Waals surface area contributed by atoms with Gasteiger partial charge in [-0.1, -0.05) is 54.6 Å². The SMILES string of the molecule is CN=C(NCc1ccccc1COCc1ccccc1)NC(C)C. The zero-order valence-electron chi connectivity index (χ0n) is 14.8. The molecule has 0 aliphatic heterocycles. The van der Waals surface area contributed by atoms with Crippen LogP contribution in [0.3, 0.4) is 0 Å². The van der Waals surface area contributed by atoms with Crippen molar-refractivity contribution < 1.29 is 4.74 Å². The predicted octanol–water partition coefficient (Wildman–Crippen LogP) is 3.48. The summed E-state index contributed by atoms with van der Waals surface area (Å²) in [6.45, 7) is 6.13. The van der Waals surface area contributed by atoms with Crippen LogP contribution in [0.25, 0.3) is 0 Å². The summed E-state index contributed by atoms with van der Waals surface area (Å²) in [5.41, 5.74) is 3.60. The van der Waals surface area contributed by atoms with Crippen LogP contribution in [0.5, 0.6) is 0 Å². The topological polar surface area (TPSA) is 45.7 Å². The van der Waals surface area contributed by atoms with Crippen molar-refractivity contribution in [2.75, 3.05) is 7.05 Å². The van der Waals surface area contributed by atoms with E-state index in [2.05, 4.69) is 59.8 Å². The van der Waals surface area contributed by atoms with Gasteiger partial charge >= 0.3 is 0 Å². The summed E-state index contributed by atoms with van der Waals surface area (Å²) < 4.78 is 5.87. The third-order valence-corrected chi connectivity index (χ3v) is 3.58. The zero-order chi connectivity index (χ0) is 17.2. The van der Waals surface area contributed by atoms with Gasteiger partial charge < -0.3 is 15.4 Å². The molecule has 0 heterocycles. The Kier molecular flexibility index (Phi) is 7.30. The van der Waals surface area contributed by atoms with Crippen LogP contribution in [0, 0.1) is 0 Å². The highest BCUT2D eigenvalue weighted by atomic mass is 16.5. The van der Waals surface area contributed by atoms with E-state index in [4.69, 9.17) is 4.74 Å². The van der Waals surface area contributed by atoms with Crippen LogP contribution in [0.15, 0.2) is 59.6 Å². The van der Waals surface area contributed by atoms with E-state index in [0.29, 0.717) is 19.3 Å². The zero-order valence-corrected chi connectivity index (χ0v) is 14.8. The molecular formula is C20H27N3O. The molecule has 2 aromatic carbocycles. The lowest BCUT2D eigenvalue weighted by atomic mass is 10.1. The van der Waals surface area contributed by atoms with E-state index in [1.807, 2.05) is 24.3 Å². The van der Waals surface area contributed by atoms with E-state index in [1.54, 1.807) is 7.05 Å². The molecule has 24 heavy (non-hydrogen) atoms. The number of aliphatic imine (C=N–C) groups is 1. The number of hydrogen-bond acceptors (Lipinski definition) is 2. The molecule has 0 atom stereocenters. The minimum absolute atomic E-state index is 0.348. The van der Waals surface area contributed by atoms with Gasteiger partial charge in [-0.3, -0.25) is 4.99 Å². The van der Waals surface area contributed by atoms with Crippen LogP contribution in [-0.2, 0) is 24.5 Å². The van der Waals surface area contributed by atoms with Gasteiger partial charge in [0.15, 0.2) is 5.96 Å². The van der Waals surface area contributed by atoms with Gasteiger partial charge in [0.1, 0.15) is 0 Å². The van der Waals surface area contributed by atoms with E-state index >= 15 is 0 Å². The highest BCUT2D eigenvalue weighted by Gasteiger charge is 2.05. The molecule has 0 fully saturated rings. The Morgan fingerprint density at radius 3 is 2.29 bits per heavy atom. The van der Waals surface area contributed by atoms with Gasteiger partial charge in [-0.2, -0.15) is 0 Å². The monoisotopic (exact) mass is 325 g/mol. The second kappa shape index (κ2) is 9.73. The van der Waals surface area contributed by atoms with Gasteiger partial charge in [-0.25, -0.2) is 0 Å². The van der Waals surface area contributed by atoms with E-state index in [9.17, 15) is 0 Å². The van der Waals surface area contributed by atoms with E-state index in [-0.39, 0.29) is 0 Å². The average Bonchev–Trinajstić information content (AvgIpc) is 2.60. The van der Waals surface area contributed by atoms with Crippen LogP contribution in [-0.4, -0.2) is 19.0 Å². The third kappa shape index (κ3) is 6.05. The maximum atomic E-state index is 5.87. The molecule has 4 nitrogen and oxygen atoms in total. The molecule has 0 bridgehead atoms. The first-order chi connectivity index (χ1) is 11.7. The molecule has 2 N–H and O–H groups in total. The van der Waals surface area contributed by atoms with E-state index < -0.39 is 0 Å². The third-order valence-electron chi connectivity index (χ3n) is 3.58. The summed E-state index contributed by atoms with van der Waals surface area (Å²) in [5.74, 6) is 0.810. The highest BCUT2D eigenvalue weighted by molar-refractivity contribution is 5.79. The van der Waals surface area contributed by atoms with Gasteiger partial charge in [-0.05, 0) is 30.5 Å². The minimum atomic E-state index is 0.348. The Hall–Kier alpha value is -2.33. The number of nitrogens with one attached hydrogen (secondary N) is 2. The fourth-order valence-electron chi connectivity index (χ4n) is 2.37. The van der Waals surface area contributed by atoms with Gasteiger partial charge in [0.05, 0.1) is 13.2 Å². The second-order valence-electron chi connectivity index (χ2n) is 5.97. The molecule has 2 aromatic rings. The lowest BCUT2D eigenvalue weighted by molar-refractivity contribution is 0.106. The first-order valence-corrected chi connectivity index (χ1v) is 8.34. The largest absolute Gasteiger partial charge is 0.372 e. The lowest BCUT2D eigenvalue weighted by Crippen LogP contribution is -2.40. The number of hydrogen-bond donors (Lipinski definition) is 2. The van der Waals surface area contributed by atoms with Crippen LogP contribution in [0.2, 0.25) is 0 Å². The van der Waals surface area contributed by atoms with Crippen molar-refractivity contribution in [2.24, 2.45) is 4.99 Å². The number of rotatable bonds is 7. The van der Waals surface area contributed by atoms with E-state index in [1.165, 1.54) is 16.7 Å². The average molecular weight is 325 g/mol.